The monoisotopic (exact) mass is 580 g/mol. The summed E-state index contributed by atoms with van der Waals surface area (Å²) in [6, 6.07) is 19.7. The number of benzene rings is 3. The molecule has 0 unspecified atom stereocenters. The Bertz CT molecular complexity index is 1330. The second-order valence-electron chi connectivity index (χ2n) is 9.18. The number of rotatable bonds is 9. The summed E-state index contributed by atoms with van der Waals surface area (Å²) in [4.78, 5) is 29.5. The molecule has 2 amide bonds. The van der Waals surface area contributed by atoms with Crippen LogP contribution in [0.25, 0.3) is 0 Å². The molecule has 8 nitrogen and oxygen atoms in total. The molecular weight excluding hydrogens is 548 g/mol. The molecule has 0 aliphatic carbocycles. The van der Waals surface area contributed by atoms with Gasteiger partial charge in [0.05, 0.1) is 23.9 Å². The van der Waals surface area contributed by atoms with Gasteiger partial charge in [-0.1, -0.05) is 18.5 Å². The molecule has 1 fully saturated rings. The van der Waals surface area contributed by atoms with Crippen LogP contribution in [0.1, 0.15) is 41.0 Å². The van der Waals surface area contributed by atoms with Crippen LogP contribution in [0.15, 0.2) is 66.7 Å². The Balaban J connectivity index is 1.28. The number of halogens is 1. The third-order valence-corrected chi connectivity index (χ3v) is 6.85. The van der Waals surface area contributed by atoms with Crippen molar-refractivity contribution in [3.05, 3.63) is 82.9 Å². The van der Waals surface area contributed by atoms with Crippen molar-refractivity contribution in [1.29, 1.82) is 0 Å². The van der Waals surface area contributed by atoms with E-state index in [0.29, 0.717) is 67.0 Å². The minimum atomic E-state index is -0.323. The number of hydrogen-bond donors (Lipinski definition) is 2. The third kappa shape index (κ3) is 7.64. The van der Waals surface area contributed by atoms with Crippen LogP contribution in [0.2, 0.25) is 5.02 Å². The van der Waals surface area contributed by atoms with E-state index in [4.69, 9.17) is 33.3 Å². The Hall–Kier alpha value is -3.82. The van der Waals surface area contributed by atoms with Crippen LogP contribution in [-0.4, -0.2) is 61.2 Å². The summed E-state index contributed by atoms with van der Waals surface area (Å²) in [5, 5.41) is 6.40. The molecule has 1 aliphatic heterocycles. The van der Waals surface area contributed by atoms with Gasteiger partial charge in [0.25, 0.3) is 11.8 Å². The molecule has 0 spiro atoms. The average Bonchev–Trinajstić information content (AvgIpc) is 2.96. The second-order valence-corrected chi connectivity index (χ2v) is 10.00. The van der Waals surface area contributed by atoms with E-state index in [9.17, 15) is 9.59 Å². The zero-order chi connectivity index (χ0) is 28.5. The number of ether oxygens (including phenoxy) is 2. The number of hydrogen-bond acceptors (Lipinski definition) is 6. The summed E-state index contributed by atoms with van der Waals surface area (Å²) < 4.78 is 11.0. The summed E-state index contributed by atoms with van der Waals surface area (Å²) in [5.74, 6) is 1.15. The lowest BCUT2D eigenvalue weighted by Crippen LogP contribution is -2.48. The summed E-state index contributed by atoms with van der Waals surface area (Å²) in [6.07, 6.45) is 0.936. The first-order chi connectivity index (χ1) is 19.4. The third-order valence-electron chi connectivity index (χ3n) is 6.34. The summed E-state index contributed by atoms with van der Waals surface area (Å²) in [5.41, 5.74) is 2.65. The highest BCUT2D eigenvalue weighted by atomic mass is 35.5. The van der Waals surface area contributed by atoms with E-state index in [-0.39, 0.29) is 16.9 Å². The summed E-state index contributed by atoms with van der Waals surface area (Å²) >= 11 is 11.9. The van der Waals surface area contributed by atoms with E-state index in [1.165, 1.54) is 0 Å². The van der Waals surface area contributed by atoms with Crippen molar-refractivity contribution in [3.8, 4) is 11.5 Å². The van der Waals surface area contributed by atoms with Crippen LogP contribution >= 0.6 is 23.8 Å². The summed E-state index contributed by atoms with van der Waals surface area (Å²) in [7, 11) is 0. The molecular formula is C30H33ClN4O4S. The molecule has 1 heterocycles. The fourth-order valence-electron chi connectivity index (χ4n) is 4.29. The van der Waals surface area contributed by atoms with Gasteiger partial charge in [0.15, 0.2) is 5.11 Å². The van der Waals surface area contributed by atoms with E-state index in [1.54, 1.807) is 30.3 Å². The number of carbonyl (C=O) groups excluding carboxylic acids is 2. The lowest BCUT2D eigenvalue weighted by molar-refractivity contribution is 0.0746. The highest BCUT2D eigenvalue weighted by Gasteiger charge is 2.23. The zero-order valence-corrected chi connectivity index (χ0v) is 24.2. The molecule has 210 valence electrons. The van der Waals surface area contributed by atoms with E-state index in [1.807, 2.05) is 48.2 Å². The van der Waals surface area contributed by atoms with E-state index in [0.717, 1.165) is 17.9 Å². The molecule has 1 saturated heterocycles. The first kappa shape index (κ1) is 29.2. The van der Waals surface area contributed by atoms with Crippen molar-refractivity contribution >= 4 is 52.1 Å². The normalized spacial score (nSPS) is 13.0. The minimum absolute atomic E-state index is 0.00753. The van der Waals surface area contributed by atoms with Crippen molar-refractivity contribution in [2.45, 2.75) is 20.3 Å². The molecule has 0 radical (unpaired) electrons. The SMILES string of the molecule is CCCOc1ccc(C(=O)N2CCN(c3ccc(NC(=S)NC(=O)c4ccc(OCC)cc4)cc3Cl)CC2)cc1. The van der Waals surface area contributed by atoms with Crippen LogP contribution < -0.4 is 25.0 Å². The van der Waals surface area contributed by atoms with E-state index < -0.39 is 0 Å². The first-order valence-corrected chi connectivity index (χ1v) is 14.1. The minimum Gasteiger partial charge on any atom is -0.494 e. The molecule has 40 heavy (non-hydrogen) atoms. The van der Waals surface area contributed by atoms with Crippen molar-refractivity contribution in [1.82, 2.24) is 10.2 Å². The highest BCUT2D eigenvalue weighted by molar-refractivity contribution is 7.80. The number of nitrogens with zero attached hydrogens (tertiary/aromatic N) is 2. The molecule has 0 bridgehead atoms. The molecule has 2 N–H and O–H groups in total. The van der Waals surface area contributed by atoms with Crippen molar-refractivity contribution in [2.24, 2.45) is 0 Å². The maximum Gasteiger partial charge on any atom is 0.257 e. The Morgan fingerprint density at radius 3 is 2.10 bits per heavy atom. The molecule has 4 rings (SSSR count). The highest BCUT2D eigenvalue weighted by Crippen LogP contribution is 2.30. The van der Waals surface area contributed by atoms with E-state index >= 15 is 0 Å². The molecule has 3 aromatic rings. The summed E-state index contributed by atoms with van der Waals surface area (Å²) in [6.45, 7) is 7.66. The fourth-order valence-corrected chi connectivity index (χ4v) is 4.81. The number of amides is 2. The lowest BCUT2D eigenvalue weighted by Gasteiger charge is -2.36. The number of nitrogens with one attached hydrogen (secondary N) is 2. The van der Waals surface area contributed by atoms with Gasteiger partial charge in [0.1, 0.15) is 11.5 Å². The van der Waals surface area contributed by atoms with Gasteiger partial charge in [0.2, 0.25) is 0 Å². The lowest BCUT2D eigenvalue weighted by atomic mass is 10.1. The number of piperazine rings is 1. The van der Waals surface area contributed by atoms with Gasteiger partial charge >= 0.3 is 0 Å². The van der Waals surface area contributed by atoms with Gasteiger partial charge in [-0.05, 0) is 92.3 Å². The molecule has 3 aromatic carbocycles. The average molecular weight is 581 g/mol. The predicted octanol–water partition coefficient (Wildman–Crippen LogP) is 5.62. The molecule has 0 aromatic heterocycles. The number of thiocarbonyl (C=S) groups is 1. The van der Waals surface area contributed by atoms with Crippen LogP contribution in [0, 0.1) is 0 Å². The number of carbonyl (C=O) groups is 2. The zero-order valence-electron chi connectivity index (χ0n) is 22.6. The van der Waals surface area contributed by atoms with Crippen molar-refractivity contribution in [3.63, 3.8) is 0 Å². The topological polar surface area (TPSA) is 83.1 Å². The Labute approximate surface area is 245 Å². The smallest absolute Gasteiger partial charge is 0.257 e. The van der Waals surface area contributed by atoms with Crippen LogP contribution in [0.5, 0.6) is 11.5 Å². The van der Waals surface area contributed by atoms with Crippen LogP contribution in [0.4, 0.5) is 11.4 Å². The van der Waals surface area contributed by atoms with Gasteiger partial charge < -0.3 is 24.6 Å². The van der Waals surface area contributed by atoms with Gasteiger partial charge in [-0.15, -0.1) is 0 Å². The second kappa shape index (κ2) is 14.0. The van der Waals surface area contributed by atoms with Gasteiger partial charge in [-0.3, -0.25) is 14.9 Å². The predicted molar refractivity (Wildman–Crippen MR) is 163 cm³/mol. The molecule has 1 aliphatic rings. The van der Waals surface area contributed by atoms with Crippen molar-refractivity contribution < 1.29 is 19.1 Å². The van der Waals surface area contributed by atoms with Gasteiger partial charge in [0, 0.05) is 43.0 Å². The largest absolute Gasteiger partial charge is 0.494 e. The maximum atomic E-state index is 13.0. The Morgan fingerprint density at radius 2 is 1.50 bits per heavy atom. The molecule has 0 saturated carbocycles. The standard InChI is InChI=1S/C30H33ClN4O4S/c1-3-19-39-25-12-7-22(8-13-25)29(37)35-17-15-34(16-18-35)27-14-9-23(20-26(27)31)32-30(40)33-28(36)21-5-10-24(11-6-21)38-4-2/h5-14,20H,3-4,15-19H2,1-2H3,(H2,32,33,36,40). The Morgan fingerprint density at radius 1 is 0.875 bits per heavy atom. The van der Waals surface area contributed by atoms with Gasteiger partial charge in [-0.2, -0.15) is 0 Å². The fraction of sp³-hybridized carbons (Fsp3) is 0.300. The van der Waals surface area contributed by atoms with Gasteiger partial charge in [-0.25, -0.2) is 0 Å². The molecule has 10 heteroatoms. The van der Waals surface area contributed by atoms with Crippen LogP contribution in [0.3, 0.4) is 0 Å². The maximum absolute atomic E-state index is 13.0. The molecule has 0 atom stereocenters. The van der Waals surface area contributed by atoms with E-state index in [2.05, 4.69) is 22.5 Å². The van der Waals surface area contributed by atoms with Crippen LogP contribution in [-0.2, 0) is 0 Å². The van der Waals surface area contributed by atoms with Crippen molar-refractivity contribution in [2.75, 3.05) is 49.6 Å². The quantitative estimate of drug-likeness (QED) is 0.318. The Kier molecular flexibility index (Phi) is 10.2. The first-order valence-electron chi connectivity index (χ1n) is 13.3. The number of anilines is 2.